The Kier molecular flexibility index (Phi) is 4.02. The molecule has 0 spiro atoms. The molecule has 1 aliphatic rings. The molecule has 0 radical (unpaired) electrons. The molecule has 1 aliphatic carbocycles. The van der Waals surface area contributed by atoms with E-state index in [1.54, 1.807) is 12.1 Å². The number of rotatable bonds is 5. The van der Waals surface area contributed by atoms with Gasteiger partial charge in [-0.3, -0.25) is 4.79 Å². The molecule has 5 heteroatoms. The first-order valence-corrected chi connectivity index (χ1v) is 6.43. The van der Waals surface area contributed by atoms with Gasteiger partial charge in [0.05, 0.1) is 12.2 Å². The zero-order valence-electron chi connectivity index (χ0n) is 9.37. The zero-order valence-corrected chi connectivity index (χ0v) is 11.0. The smallest absolute Gasteiger partial charge is 0.238 e. The summed E-state index contributed by atoms with van der Waals surface area (Å²) in [5.41, 5.74) is 0.428. The lowest BCUT2D eigenvalue weighted by Gasteiger charge is -2.08. The van der Waals surface area contributed by atoms with Gasteiger partial charge in [-0.2, -0.15) is 0 Å². The minimum atomic E-state index is -0.140. The number of carbonyl (C=O) groups is 1. The number of benzene rings is 1. The van der Waals surface area contributed by atoms with Crippen LogP contribution in [0.5, 0.6) is 5.75 Å². The number of anilines is 1. The van der Waals surface area contributed by atoms with Crippen LogP contribution < -0.4 is 10.6 Å². The molecule has 0 heterocycles. The van der Waals surface area contributed by atoms with Gasteiger partial charge in [-0.25, -0.2) is 0 Å². The number of hydrogen-bond donors (Lipinski definition) is 3. The van der Waals surface area contributed by atoms with E-state index in [0.717, 1.165) is 16.9 Å². The molecule has 0 aromatic heterocycles. The van der Waals surface area contributed by atoms with E-state index in [2.05, 4.69) is 26.6 Å². The molecule has 0 saturated heterocycles. The molecule has 1 aromatic carbocycles. The first-order valence-electron chi connectivity index (χ1n) is 5.64. The average molecular weight is 299 g/mol. The van der Waals surface area contributed by atoms with Gasteiger partial charge in [-0.1, -0.05) is 15.9 Å². The Morgan fingerprint density at radius 1 is 1.47 bits per heavy atom. The molecular weight excluding hydrogens is 284 g/mol. The van der Waals surface area contributed by atoms with Crippen LogP contribution in [0, 0.1) is 5.92 Å². The maximum atomic E-state index is 11.6. The summed E-state index contributed by atoms with van der Waals surface area (Å²) in [6.07, 6.45) is 2.53. The molecule has 1 amide bonds. The summed E-state index contributed by atoms with van der Waals surface area (Å²) in [6, 6.07) is 4.93. The van der Waals surface area contributed by atoms with Crippen LogP contribution >= 0.6 is 15.9 Å². The molecular formula is C12H15BrN2O2. The largest absolute Gasteiger partial charge is 0.506 e. The lowest BCUT2D eigenvalue weighted by atomic mass is 10.3. The van der Waals surface area contributed by atoms with Gasteiger partial charge in [-0.05, 0) is 43.5 Å². The fourth-order valence-corrected chi connectivity index (χ4v) is 1.88. The summed E-state index contributed by atoms with van der Waals surface area (Å²) in [5.74, 6) is 0.685. The van der Waals surface area contributed by atoms with Crippen molar-refractivity contribution >= 4 is 27.5 Å². The Morgan fingerprint density at radius 3 is 2.94 bits per heavy atom. The van der Waals surface area contributed by atoms with Gasteiger partial charge >= 0.3 is 0 Å². The van der Waals surface area contributed by atoms with Crippen LogP contribution in [0.15, 0.2) is 22.7 Å². The zero-order chi connectivity index (χ0) is 12.3. The summed E-state index contributed by atoms with van der Waals surface area (Å²) in [6.45, 7) is 1.18. The monoisotopic (exact) mass is 298 g/mol. The van der Waals surface area contributed by atoms with Crippen LogP contribution in [0.2, 0.25) is 0 Å². The van der Waals surface area contributed by atoms with Crippen molar-refractivity contribution in [3.05, 3.63) is 22.7 Å². The van der Waals surface area contributed by atoms with Gasteiger partial charge in [0.25, 0.3) is 0 Å². The molecule has 0 bridgehead atoms. The predicted molar refractivity (Wildman–Crippen MR) is 70.0 cm³/mol. The van der Waals surface area contributed by atoms with Crippen molar-refractivity contribution in [1.29, 1.82) is 0 Å². The first kappa shape index (κ1) is 12.4. The van der Waals surface area contributed by atoms with E-state index in [1.165, 1.54) is 18.9 Å². The first-order chi connectivity index (χ1) is 8.15. The van der Waals surface area contributed by atoms with Crippen molar-refractivity contribution in [2.45, 2.75) is 12.8 Å². The van der Waals surface area contributed by atoms with Crippen molar-refractivity contribution in [2.24, 2.45) is 5.92 Å². The Labute approximate surface area is 109 Å². The van der Waals surface area contributed by atoms with Gasteiger partial charge in [0.15, 0.2) is 0 Å². The van der Waals surface area contributed by atoms with Crippen LogP contribution in [0.3, 0.4) is 0 Å². The number of halogens is 1. The minimum Gasteiger partial charge on any atom is -0.506 e. The number of nitrogens with one attached hydrogen (secondary N) is 2. The highest BCUT2D eigenvalue weighted by molar-refractivity contribution is 9.10. The molecule has 0 unspecified atom stereocenters. The van der Waals surface area contributed by atoms with Gasteiger partial charge in [0, 0.05) is 4.47 Å². The highest BCUT2D eigenvalue weighted by Crippen LogP contribution is 2.28. The van der Waals surface area contributed by atoms with E-state index in [0.29, 0.717) is 5.69 Å². The Hall–Kier alpha value is -1.07. The summed E-state index contributed by atoms with van der Waals surface area (Å²) in [5, 5.41) is 15.3. The Balaban J connectivity index is 1.81. The molecule has 1 saturated carbocycles. The van der Waals surface area contributed by atoms with Crippen molar-refractivity contribution in [2.75, 3.05) is 18.4 Å². The second-order valence-electron chi connectivity index (χ2n) is 4.28. The second-order valence-corrected chi connectivity index (χ2v) is 5.20. The summed E-state index contributed by atoms with van der Waals surface area (Å²) in [4.78, 5) is 11.6. The van der Waals surface area contributed by atoms with E-state index in [1.807, 2.05) is 0 Å². The average Bonchev–Trinajstić information content (AvgIpc) is 3.07. The van der Waals surface area contributed by atoms with Crippen molar-refractivity contribution in [3.63, 3.8) is 0 Å². The Morgan fingerprint density at radius 2 is 2.24 bits per heavy atom. The summed E-state index contributed by atoms with van der Waals surface area (Å²) in [7, 11) is 0. The quantitative estimate of drug-likeness (QED) is 0.730. The van der Waals surface area contributed by atoms with Gasteiger partial charge < -0.3 is 15.7 Å². The highest BCUT2D eigenvalue weighted by Gasteiger charge is 2.20. The number of phenols is 1. The van der Waals surface area contributed by atoms with Crippen LogP contribution in [-0.4, -0.2) is 24.1 Å². The molecule has 17 heavy (non-hydrogen) atoms. The normalized spacial score (nSPS) is 14.6. The summed E-state index contributed by atoms with van der Waals surface area (Å²) >= 11 is 3.29. The van der Waals surface area contributed by atoms with E-state index < -0.39 is 0 Å². The highest BCUT2D eigenvalue weighted by atomic mass is 79.9. The SMILES string of the molecule is O=C(CNCC1CC1)Nc1cc(Br)ccc1O. The van der Waals surface area contributed by atoms with Crippen molar-refractivity contribution in [3.8, 4) is 5.75 Å². The van der Waals surface area contributed by atoms with E-state index in [4.69, 9.17) is 0 Å². The Bertz CT molecular complexity index is 419. The van der Waals surface area contributed by atoms with Crippen LogP contribution in [0.1, 0.15) is 12.8 Å². The molecule has 1 aromatic rings. The lowest BCUT2D eigenvalue weighted by Crippen LogP contribution is -2.29. The number of amides is 1. The van der Waals surface area contributed by atoms with Crippen LogP contribution in [-0.2, 0) is 4.79 Å². The topological polar surface area (TPSA) is 61.4 Å². The standard InChI is InChI=1S/C12H15BrN2O2/c13-9-3-4-11(16)10(5-9)15-12(17)7-14-6-8-1-2-8/h3-5,8,14,16H,1-2,6-7H2,(H,15,17). The van der Waals surface area contributed by atoms with Gasteiger partial charge in [0.1, 0.15) is 5.75 Å². The third-order valence-corrected chi connectivity index (χ3v) is 3.14. The fourth-order valence-electron chi connectivity index (χ4n) is 1.51. The van der Waals surface area contributed by atoms with Crippen molar-refractivity contribution in [1.82, 2.24) is 5.32 Å². The van der Waals surface area contributed by atoms with E-state index >= 15 is 0 Å². The van der Waals surface area contributed by atoms with Gasteiger partial charge in [-0.15, -0.1) is 0 Å². The summed E-state index contributed by atoms with van der Waals surface area (Å²) < 4.78 is 0.816. The molecule has 0 atom stereocenters. The van der Waals surface area contributed by atoms with E-state index in [-0.39, 0.29) is 18.2 Å². The predicted octanol–water partition coefficient (Wildman–Crippen LogP) is 2.09. The number of aromatic hydroxyl groups is 1. The van der Waals surface area contributed by atoms with E-state index in [9.17, 15) is 9.90 Å². The molecule has 0 aliphatic heterocycles. The maximum absolute atomic E-state index is 11.6. The molecule has 92 valence electrons. The van der Waals surface area contributed by atoms with Crippen LogP contribution in [0.4, 0.5) is 5.69 Å². The molecule has 1 fully saturated rings. The lowest BCUT2D eigenvalue weighted by molar-refractivity contribution is -0.115. The molecule has 2 rings (SSSR count). The third-order valence-electron chi connectivity index (χ3n) is 2.65. The molecule has 4 nitrogen and oxygen atoms in total. The minimum absolute atomic E-state index is 0.0729. The number of phenolic OH excluding ortho intramolecular Hbond substituents is 1. The van der Waals surface area contributed by atoms with Crippen molar-refractivity contribution < 1.29 is 9.90 Å². The number of carbonyl (C=O) groups excluding carboxylic acids is 1. The third kappa shape index (κ3) is 4.02. The molecule has 3 N–H and O–H groups in total. The number of hydrogen-bond acceptors (Lipinski definition) is 3. The van der Waals surface area contributed by atoms with Crippen LogP contribution in [0.25, 0.3) is 0 Å². The fraction of sp³-hybridized carbons (Fsp3) is 0.417. The second kappa shape index (κ2) is 5.51. The van der Waals surface area contributed by atoms with Gasteiger partial charge in [0.2, 0.25) is 5.91 Å². The maximum Gasteiger partial charge on any atom is 0.238 e.